The molecule has 0 radical (unpaired) electrons. The van der Waals surface area contributed by atoms with Gasteiger partial charge in [0.15, 0.2) is 5.65 Å². The predicted molar refractivity (Wildman–Crippen MR) is 180 cm³/mol. The summed E-state index contributed by atoms with van der Waals surface area (Å²) in [6, 6.07) is 17.2. The number of benzene rings is 2. The molecular formula is C35H43N7O5. The Morgan fingerprint density at radius 1 is 1.04 bits per heavy atom. The van der Waals surface area contributed by atoms with E-state index in [1.165, 1.54) is 6.33 Å². The number of carbonyl (C=O) groups excluding carboxylic acids is 2. The molecule has 0 bridgehead atoms. The number of nitrogens with zero attached hydrogens (tertiary/aromatic N) is 5. The van der Waals surface area contributed by atoms with Gasteiger partial charge in [-0.05, 0) is 82.9 Å². The van der Waals surface area contributed by atoms with Gasteiger partial charge < -0.3 is 30.2 Å². The second-order valence-corrected chi connectivity index (χ2v) is 12.4. The molecule has 1 atom stereocenters. The quantitative estimate of drug-likeness (QED) is 0.142. The molecule has 0 aliphatic carbocycles. The minimum Gasteiger partial charge on any atom is -0.457 e. The lowest BCUT2D eigenvalue weighted by atomic mass is 10.1. The minimum atomic E-state index is -0.514. The molecule has 1 aliphatic heterocycles. The van der Waals surface area contributed by atoms with E-state index in [4.69, 9.17) is 25.0 Å². The molecule has 3 N–H and O–H groups in total. The van der Waals surface area contributed by atoms with E-state index in [1.807, 2.05) is 85.0 Å². The number of nitrogen functional groups attached to an aromatic ring is 1. The Kier molecular flexibility index (Phi) is 11.0. The minimum absolute atomic E-state index is 0.0697. The average molecular weight is 642 g/mol. The Labute approximate surface area is 274 Å². The summed E-state index contributed by atoms with van der Waals surface area (Å²) in [7, 11) is 0. The molecule has 2 aromatic heterocycles. The molecule has 1 aliphatic rings. The molecule has 2 aromatic carbocycles. The molecule has 0 unspecified atom stereocenters. The Bertz CT molecular complexity index is 1670. The first-order valence-corrected chi connectivity index (χ1v) is 16.0. The first-order chi connectivity index (χ1) is 22.7. The molecule has 1 fully saturated rings. The maximum Gasteiger partial charge on any atom is 0.407 e. The number of likely N-dealkylation sites (tertiary alicyclic amines) is 1. The van der Waals surface area contributed by atoms with Gasteiger partial charge in [0, 0.05) is 37.9 Å². The largest absolute Gasteiger partial charge is 0.457 e. The number of para-hydroxylation sites is 1. The topological polar surface area (TPSA) is 147 Å². The fourth-order valence-electron chi connectivity index (χ4n) is 5.35. The van der Waals surface area contributed by atoms with Crippen LogP contribution in [0.15, 0.2) is 73.1 Å². The molecule has 5 rings (SSSR count). The number of unbranched alkanes of at least 4 members (excludes halogenated alkanes) is 1. The zero-order valence-corrected chi connectivity index (χ0v) is 27.2. The third kappa shape index (κ3) is 9.29. The van der Waals surface area contributed by atoms with Crippen LogP contribution in [0.3, 0.4) is 0 Å². The number of ether oxygens (including phenoxy) is 3. The van der Waals surface area contributed by atoms with Crippen LogP contribution in [0.25, 0.3) is 22.3 Å². The fourth-order valence-corrected chi connectivity index (χ4v) is 5.35. The van der Waals surface area contributed by atoms with E-state index < -0.39 is 11.7 Å². The lowest BCUT2D eigenvalue weighted by Crippen LogP contribution is -2.40. The highest BCUT2D eigenvalue weighted by Crippen LogP contribution is 2.35. The van der Waals surface area contributed by atoms with Crippen molar-refractivity contribution in [3.63, 3.8) is 0 Å². The average Bonchev–Trinajstić information content (AvgIpc) is 3.45. The number of piperidine rings is 1. The number of amides is 2. The van der Waals surface area contributed by atoms with Crippen molar-refractivity contribution < 1.29 is 23.8 Å². The van der Waals surface area contributed by atoms with Crippen LogP contribution in [0.2, 0.25) is 0 Å². The summed E-state index contributed by atoms with van der Waals surface area (Å²) in [6.07, 6.45) is 7.57. The second-order valence-electron chi connectivity index (χ2n) is 12.4. The monoisotopic (exact) mass is 641 g/mol. The summed E-state index contributed by atoms with van der Waals surface area (Å²) in [5.41, 5.74) is 8.03. The molecule has 12 nitrogen and oxygen atoms in total. The molecule has 47 heavy (non-hydrogen) atoms. The number of carbonyl (C=O) groups is 2. The highest BCUT2D eigenvalue weighted by atomic mass is 16.6. The molecule has 1 saturated heterocycles. The number of nitrogens with one attached hydrogen (secondary N) is 1. The van der Waals surface area contributed by atoms with Crippen molar-refractivity contribution in [1.29, 1.82) is 0 Å². The SMILES string of the molecule is CC(C)(C)OC(=O)NCCCCOC/C=C/C(=O)N1CCC[C@@H](n2nc(-c3ccc(Oc4ccccc4)cc3)c3c(N)ncnc32)C1. The zero-order valence-electron chi connectivity index (χ0n) is 27.2. The summed E-state index contributed by atoms with van der Waals surface area (Å²) in [5, 5.41) is 8.40. The van der Waals surface area contributed by atoms with Gasteiger partial charge in [0.25, 0.3) is 0 Å². The van der Waals surface area contributed by atoms with Crippen LogP contribution in [0.4, 0.5) is 10.6 Å². The van der Waals surface area contributed by atoms with Crippen LogP contribution in [0, 0.1) is 0 Å². The molecule has 12 heteroatoms. The highest BCUT2D eigenvalue weighted by Gasteiger charge is 2.28. The lowest BCUT2D eigenvalue weighted by Gasteiger charge is -2.32. The van der Waals surface area contributed by atoms with Crippen LogP contribution in [-0.4, -0.2) is 75.1 Å². The number of nitrogens with two attached hydrogens (primary N) is 1. The number of rotatable bonds is 12. The van der Waals surface area contributed by atoms with Crippen molar-refractivity contribution in [3.05, 3.63) is 73.1 Å². The van der Waals surface area contributed by atoms with E-state index in [9.17, 15) is 9.59 Å². The van der Waals surface area contributed by atoms with Gasteiger partial charge >= 0.3 is 6.09 Å². The van der Waals surface area contributed by atoms with Gasteiger partial charge in [0.05, 0.1) is 18.0 Å². The van der Waals surface area contributed by atoms with E-state index >= 15 is 0 Å². The molecule has 3 heterocycles. The first-order valence-electron chi connectivity index (χ1n) is 16.0. The van der Waals surface area contributed by atoms with E-state index in [0.717, 1.165) is 37.0 Å². The van der Waals surface area contributed by atoms with Crippen LogP contribution in [0.5, 0.6) is 11.5 Å². The Morgan fingerprint density at radius 3 is 2.57 bits per heavy atom. The zero-order chi connectivity index (χ0) is 33.2. The molecule has 0 saturated carbocycles. The normalized spacial score (nSPS) is 15.2. The van der Waals surface area contributed by atoms with Gasteiger partial charge in [-0.2, -0.15) is 5.10 Å². The van der Waals surface area contributed by atoms with Crippen molar-refractivity contribution in [2.45, 2.75) is 58.1 Å². The lowest BCUT2D eigenvalue weighted by molar-refractivity contribution is -0.127. The van der Waals surface area contributed by atoms with Crippen LogP contribution < -0.4 is 15.8 Å². The van der Waals surface area contributed by atoms with Crippen molar-refractivity contribution in [2.24, 2.45) is 0 Å². The van der Waals surface area contributed by atoms with Gasteiger partial charge in [0.2, 0.25) is 5.91 Å². The summed E-state index contributed by atoms with van der Waals surface area (Å²) < 4.78 is 18.7. The Balaban J connectivity index is 1.15. The number of hydrogen-bond acceptors (Lipinski definition) is 9. The number of aromatic nitrogens is 4. The van der Waals surface area contributed by atoms with Crippen molar-refractivity contribution in [3.8, 4) is 22.8 Å². The summed E-state index contributed by atoms with van der Waals surface area (Å²) in [6.45, 7) is 8.03. The molecule has 2 amide bonds. The van der Waals surface area contributed by atoms with Gasteiger partial charge in [-0.1, -0.05) is 24.3 Å². The third-order valence-corrected chi connectivity index (χ3v) is 7.54. The van der Waals surface area contributed by atoms with Crippen LogP contribution in [-0.2, 0) is 14.3 Å². The third-order valence-electron chi connectivity index (χ3n) is 7.54. The summed E-state index contributed by atoms with van der Waals surface area (Å²) in [4.78, 5) is 35.4. The number of fused-ring (bicyclic) bond motifs is 1. The molecule has 0 spiro atoms. The number of alkyl carbamates (subject to hydrolysis) is 1. The van der Waals surface area contributed by atoms with Gasteiger partial charge in [-0.25, -0.2) is 19.4 Å². The van der Waals surface area contributed by atoms with E-state index in [0.29, 0.717) is 61.1 Å². The Hall–Kier alpha value is -4.97. The summed E-state index contributed by atoms with van der Waals surface area (Å²) in [5.74, 6) is 1.75. The van der Waals surface area contributed by atoms with Gasteiger partial charge in [-0.3, -0.25) is 4.79 Å². The molecule has 248 valence electrons. The van der Waals surface area contributed by atoms with Crippen molar-refractivity contribution in [1.82, 2.24) is 30.0 Å². The Morgan fingerprint density at radius 2 is 1.81 bits per heavy atom. The van der Waals surface area contributed by atoms with E-state index in [-0.39, 0.29) is 11.9 Å². The first kappa shape index (κ1) is 33.4. The van der Waals surface area contributed by atoms with Gasteiger partial charge in [-0.15, -0.1) is 0 Å². The molecular weight excluding hydrogens is 598 g/mol. The van der Waals surface area contributed by atoms with E-state index in [1.54, 1.807) is 12.2 Å². The predicted octanol–water partition coefficient (Wildman–Crippen LogP) is 5.91. The second kappa shape index (κ2) is 15.5. The standard InChI is InChI=1S/C35H43N7O5/c1-35(2,3)47-34(44)37-19-7-8-21-45-22-10-14-29(43)41-20-9-11-26(23-41)42-33-30(32(36)38-24-39-33)31(40-42)25-15-17-28(18-16-25)46-27-12-5-4-6-13-27/h4-6,10,12-18,24,26H,7-9,11,19-23H2,1-3H3,(H,37,44)(H2,36,38,39)/b14-10+/t26-/m1/s1. The maximum absolute atomic E-state index is 13.1. The van der Waals surface area contributed by atoms with Crippen molar-refractivity contribution in [2.75, 3.05) is 38.6 Å². The van der Waals surface area contributed by atoms with Crippen LogP contribution >= 0.6 is 0 Å². The van der Waals surface area contributed by atoms with Crippen molar-refractivity contribution >= 4 is 28.9 Å². The maximum atomic E-state index is 13.1. The van der Waals surface area contributed by atoms with Gasteiger partial charge in [0.1, 0.15) is 34.9 Å². The summed E-state index contributed by atoms with van der Waals surface area (Å²) >= 11 is 0. The highest BCUT2D eigenvalue weighted by molar-refractivity contribution is 5.98. The van der Waals surface area contributed by atoms with E-state index in [2.05, 4.69) is 15.3 Å². The molecule has 4 aromatic rings. The van der Waals surface area contributed by atoms with Crippen LogP contribution in [0.1, 0.15) is 52.5 Å². The fraction of sp³-hybridized carbons (Fsp3) is 0.400. The number of hydrogen-bond donors (Lipinski definition) is 2. The number of anilines is 1. The smallest absolute Gasteiger partial charge is 0.407 e.